The summed E-state index contributed by atoms with van der Waals surface area (Å²) in [7, 11) is 0. The molecule has 0 aliphatic rings. The van der Waals surface area contributed by atoms with E-state index in [0.717, 1.165) is 12.8 Å². The molecule has 0 saturated carbocycles. The molecule has 0 aromatic heterocycles. The molecule has 6 amide bonds. The summed E-state index contributed by atoms with van der Waals surface area (Å²) in [6, 6.07) is -1.60. The molecule has 0 fully saturated rings. The van der Waals surface area contributed by atoms with Crippen LogP contribution in [0.1, 0.15) is 148 Å². The molecule has 16 nitrogen and oxygen atoms in total. The van der Waals surface area contributed by atoms with Crippen molar-refractivity contribution < 1.29 is 38.4 Å². The first-order valence-electron chi connectivity index (χ1n) is 22.1. The second kappa shape index (κ2) is 32.8. The van der Waals surface area contributed by atoms with Crippen molar-refractivity contribution in [3.8, 4) is 0 Å². The Balaban J connectivity index is 0. The molecule has 0 radical (unpaired) electrons. The standard InChI is InChI=1S/2C22H42N4O4/c2*1-14(2)12-19(25-16(5)6)22(30)24-13-20(28)26-18(21(29)15(3)4)10-8-9-11-23-17(7)27/h2*14-16,18-19,25H,8-13H2,1-7H3,(H,23,27)(H,24,30)(H,26,28)/t2*18-,19-/m00/s1. The Bertz CT molecular complexity index is 1200. The van der Waals surface area contributed by atoms with E-state index in [1.165, 1.54) is 13.8 Å². The van der Waals surface area contributed by atoms with Gasteiger partial charge in [0.1, 0.15) is 0 Å². The summed E-state index contributed by atoms with van der Waals surface area (Å²) in [6.45, 7) is 27.0. The van der Waals surface area contributed by atoms with Crippen LogP contribution >= 0.6 is 0 Å². The summed E-state index contributed by atoms with van der Waals surface area (Å²) < 4.78 is 0. The molecule has 0 aliphatic carbocycles. The van der Waals surface area contributed by atoms with E-state index in [9.17, 15) is 38.4 Å². The number of ketones is 2. The molecule has 16 heteroatoms. The third-order valence-corrected chi connectivity index (χ3v) is 9.05. The summed E-state index contributed by atoms with van der Waals surface area (Å²) in [5.41, 5.74) is 0. The number of carbonyl (C=O) groups excluding carboxylic acids is 8. The van der Waals surface area contributed by atoms with Gasteiger partial charge in [-0.25, -0.2) is 0 Å². The normalized spacial score (nSPS) is 13.3. The van der Waals surface area contributed by atoms with Crippen molar-refractivity contribution in [2.45, 2.75) is 185 Å². The maximum atomic E-state index is 12.5. The Hall–Kier alpha value is -3.92. The average Bonchev–Trinajstić information content (AvgIpc) is 3.12. The Morgan fingerprint density at radius 1 is 0.417 bits per heavy atom. The van der Waals surface area contributed by atoms with Gasteiger partial charge in [-0.15, -0.1) is 0 Å². The Kier molecular flexibility index (Phi) is 31.8. The van der Waals surface area contributed by atoms with Crippen LogP contribution in [0.25, 0.3) is 0 Å². The van der Waals surface area contributed by atoms with Crippen molar-refractivity contribution in [2.75, 3.05) is 26.2 Å². The summed E-state index contributed by atoms with van der Waals surface area (Å²) in [6.07, 6.45) is 5.21. The first-order valence-corrected chi connectivity index (χ1v) is 22.1. The van der Waals surface area contributed by atoms with Crippen molar-refractivity contribution in [3.05, 3.63) is 0 Å². The van der Waals surface area contributed by atoms with Gasteiger partial charge in [-0.1, -0.05) is 83.1 Å². The van der Waals surface area contributed by atoms with E-state index in [4.69, 9.17) is 0 Å². The minimum Gasteiger partial charge on any atom is -0.356 e. The molecule has 0 aromatic rings. The van der Waals surface area contributed by atoms with E-state index in [1.807, 2.05) is 55.4 Å². The highest BCUT2D eigenvalue weighted by molar-refractivity contribution is 5.93. The number of hydrogen-bond donors (Lipinski definition) is 8. The number of nitrogens with one attached hydrogen (secondary N) is 8. The maximum absolute atomic E-state index is 12.5. The Morgan fingerprint density at radius 3 is 0.983 bits per heavy atom. The fourth-order valence-corrected chi connectivity index (χ4v) is 6.17. The Morgan fingerprint density at radius 2 is 0.733 bits per heavy atom. The second-order valence-electron chi connectivity index (χ2n) is 17.8. The van der Waals surface area contributed by atoms with Crippen LogP contribution in [0.4, 0.5) is 0 Å². The zero-order chi connectivity index (χ0) is 46.5. The molecular formula is C44H84N8O8. The van der Waals surface area contributed by atoms with Gasteiger partial charge in [-0.05, 0) is 63.2 Å². The molecule has 0 aromatic carbocycles. The molecule has 8 N–H and O–H groups in total. The van der Waals surface area contributed by atoms with Gasteiger partial charge in [0.25, 0.3) is 0 Å². The number of hydrogen-bond acceptors (Lipinski definition) is 10. The van der Waals surface area contributed by atoms with Gasteiger partial charge in [0.2, 0.25) is 35.4 Å². The Labute approximate surface area is 361 Å². The van der Waals surface area contributed by atoms with Crippen molar-refractivity contribution in [1.29, 1.82) is 0 Å². The van der Waals surface area contributed by atoms with Gasteiger partial charge in [0, 0.05) is 50.9 Å². The molecule has 0 rings (SSSR count). The van der Waals surface area contributed by atoms with Crippen molar-refractivity contribution in [3.63, 3.8) is 0 Å². The lowest BCUT2D eigenvalue weighted by atomic mass is 9.97. The maximum Gasteiger partial charge on any atom is 0.239 e. The molecule has 4 atom stereocenters. The first kappa shape index (κ1) is 58.2. The number of unbranched alkanes of at least 4 members (excludes halogenated alkanes) is 2. The van der Waals surface area contributed by atoms with E-state index in [-0.39, 0.29) is 96.1 Å². The third kappa shape index (κ3) is 31.0. The summed E-state index contributed by atoms with van der Waals surface area (Å²) >= 11 is 0. The van der Waals surface area contributed by atoms with Crippen molar-refractivity contribution in [1.82, 2.24) is 42.5 Å². The van der Waals surface area contributed by atoms with Gasteiger partial charge in [0.15, 0.2) is 11.6 Å². The zero-order valence-corrected chi connectivity index (χ0v) is 39.5. The predicted octanol–water partition coefficient (Wildman–Crippen LogP) is 3.06. The molecule has 0 aliphatic heterocycles. The van der Waals surface area contributed by atoms with E-state index in [1.54, 1.807) is 27.7 Å². The van der Waals surface area contributed by atoms with Crippen LogP contribution < -0.4 is 42.5 Å². The molecule has 0 bridgehead atoms. The van der Waals surface area contributed by atoms with Crippen molar-refractivity contribution >= 4 is 47.0 Å². The average molecular weight is 853 g/mol. The van der Waals surface area contributed by atoms with Crippen LogP contribution in [0.2, 0.25) is 0 Å². The predicted molar refractivity (Wildman–Crippen MR) is 238 cm³/mol. The van der Waals surface area contributed by atoms with Crippen LogP contribution in [-0.2, 0) is 38.4 Å². The number of amides is 6. The fraction of sp³-hybridized carbons (Fsp3) is 0.818. The highest BCUT2D eigenvalue weighted by atomic mass is 16.2. The van der Waals surface area contributed by atoms with E-state index in [2.05, 4.69) is 42.5 Å². The summed E-state index contributed by atoms with van der Waals surface area (Å²) in [4.78, 5) is 96.5. The summed E-state index contributed by atoms with van der Waals surface area (Å²) in [5, 5.41) is 22.8. The SMILES string of the molecule is CC(=O)NCCCC[C@H](NC(=O)CNC(=O)[C@H](CC(C)C)NC(C)C)C(=O)C(C)C.CC(=O)NCCCC[C@H](NC(=O)CNC(=O)[C@H](CC(C)C)NC(C)C)C(=O)C(C)C. The molecule has 0 unspecified atom stereocenters. The van der Waals surface area contributed by atoms with E-state index in [0.29, 0.717) is 63.5 Å². The molecule has 60 heavy (non-hydrogen) atoms. The minimum absolute atomic E-state index is 0.0339. The largest absolute Gasteiger partial charge is 0.356 e. The van der Waals surface area contributed by atoms with Gasteiger partial charge >= 0.3 is 0 Å². The topological polar surface area (TPSA) is 233 Å². The lowest BCUT2D eigenvalue weighted by Crippen LogP contribution is -2.51. The van der Waals surface area contributed by atoms with Gasteiger partial charge < -0.3 is 42.5 Å². The number of Topliss-reactive ketones (excluding diaryl/α,β-unsaturated/α-hetero) is 2. The summed E-state index contributed by atoms with van der Waals surface area (Å²) in [5.74, 6) is -1.15. The smallest absolute Gasteiger partial charge is 0.239 e. The minimum atomic E-state index is -0.591. The molecule has 0 spiro atoms. The monoisotopic (exact) mass is 853 g/mol. The van der Waals surface area contributed by atoms with E-state index >= 15 is 0 Å². The van der Waals surface area contributed by atoms with Crippen LogP contribution in [0.3, 0.4) is 0 Å². The van der Waals surface area contributed by atoms with Crippen LogP contribution in [0.15, 0.2) is 0 Å². The highest BCUT2D eigenvalue weighted by Crippen LogP contribution is 2.10. The van der Waals surface area contributed by atoms with Crippen LogP contribution in [-0.4, -0.2) is 109 Å². The van der Waals surface area contributed by atoms with Gasteiger partial charge in [0.05, 0.1) is 37.3 Å². The second-order valence-corrected chi connectivity index (χ2v) is 17.8. The van der Waals surface area contributed by atoms with E-state index < -0.39 is 12.1 Å². The lowest BCUT2D eigenvalue weighted by Gasteiger charge is -2.23. The van der Waals surface area contributed by atoms with Gasteiger partial charge in [-0.2, -0.15) is 0 Å². The molecule has 348 valence electrons. The highest BCUT2D eigenvalue weighted by Gasteiger charge is 2.26. The fourth-order valence-electron chi connectivity index (χ4n) is 6.17. The molecule has 0 heterocycles. The number of carbonyl (C=O) groups is 8. The number of rotatable bonds is 30. The quantitative estimate of drug-likeness (QED) is 0.0493. The third-order valence-electron chi connectivity index (χ3n) is 9.05. The van der Waals surface area contributed by atoms with Crippen LogP contribution in [0.5, 0.6) is 0 Å². The molecule has 0 saturated heterocycles. The van der Waals surface area contributed by atoms with Gasteiger partial charge in [-0.3, -0.25) is 38.4 Å². The van der Waals surface area contributed by atoms with Crippen molar-refractivity contribution in [2.24, 2.45) is 23.7 Å². The first-order chi connectivity index (χ1) is 27.9. The van der Waals surface area contributed by atoms with Crippen LogP contribution in [0, 0.1) is 23.7 Å². The molecular weight excluding hydrogens is 769 g/mol. The zero-order valence-electron chi connectivity index (χ0n) is 39.5. The lowest BCUT2D eigenvalue weighted by molar-refractivity contribution is -0.130.